The van der Waals surface area contributed by atoms with Gasteiger partial charge in [0.15, 0.2) is 5.82 Å². The minimum absolute atomic E-state index is 0.0277. The first-order valence-corrected chi connectivity index (χ1v) is 11.1. The number of carbonyl (C=O) groups excluding carboxylic acids is 1. The van der Waals surface area contributed by atoms with Crippen molar-refractivity contribution in [2.45, 2.75) is 18.9 Å². The Labute approximate surface area is 191 Å². The maximum Gasteiger partial charge on any atom is 0.321 e. The fourth-order valence-electron chi connectivity index (χ4n) is 4.64. The molecule has 2 aromatic heterocycles. The Morgan fingerprint density at radius 3 is 2.53 bits per heavy atom. The van der Waals surface area contributed by atoms with Gasteiger partial charge >= 0.3 is 6.03 Å². The Kier molecular flexibility index (Phi) is 5.57. The lowest BCUT2D eigenvalue weighted by atomic mass is 10.0. The molecule has 0 radical (unpaired) electrons. The quantitative estimate of drug-likeness (QED) is 0.541. The molecule has 166 valence electrons. The summed E-state index contributed by atoms with van der Waals surface area (Å²) >= 11 is 6.35. The Morgan fingerprint density at radius 2 is 1.84 bits per heavy atom. The molecule has 3 heterocycles. The predicted octanol–water partition coefficient (Wildman–Crippen LogP) is 3.96. The number of halogens is 1. The van der Waals surface area contributed by atoms with Crippen molar-refractivity contribution in [3.05, 3.63) is 53.9 Å². The van der Waals surface area contributed by atoms with E-state index in [1.165, 1.54) is 0 Å². The summed E-state index contributed by atoms with van der Waals surface area (Å²) in [4.78, 5) is 23.3. The first kappa shape index (κ1) is 20.6. The Balaban J connectivity index is 1.17. The van der Waals surface area contributed by atoms with Crippen LogP contribution in [0.1, 0.15) is 12.8 Å². The second-order valence-corrected chi connectivity index (χ2v) is 8.86. The van der Waals surface area contributed by atoms with E-state index in [1.54, 1.807) is 17.1 Å². The summed E-state index contributed by atoms with van der Waals surface area (Å²) in [5.41, 5.74) is 1.63. The van der Waals surface area contributed by atoms with Crippen molar-refractivity contribution in [3.8, 4) is 0 Å². The first-order valence-electron chi connectivity index (χ1n) is 10.7. The Morgan fingerprint density at radius 1 is 1.09 bits per heavy atom. The number of nitrogens with zero attached hydrogens (tertiary/aromatic N) is 5. The fraction of sp³-hybridized carbons (Fsp3) is 0.364. The van der Waals surface area contributed by atoms with Crippen molar-refractivity contribution in [2.75, 3.05) is 29.0 Å². The summed E-state index contributed by atoms with van der Waals surface area (Å²) < 4.78 is 1.71. The maximum atomic E-state index is 12.6. The number of fused-ring (bicyclic) bond motifs is 1. The van der Waals surface area contributed by atoms with Gasteiger partial charge in [0.2, 0.25) is 5.95 Å². The number of anilines is 4. The van der Waals surface area contributed by atoms with Crippen LogP contribution in [0.2, 0.25) is 5.02 Å². The number of hydrogen-bond donors (Lipinski definition) is 3. The Hall–Kier alpha value is -3.33. The van der Waals surface area contributed by atoms with Gasteiger partial charge in [-0.3, -0.25) is 4.68 Å². The minimum Gasteiger partial charge on any atom is -0.366 e. The summed E-state index contributed by atoms with van der Waals surface area (Å²) in [6.07, 6.45) is 7.11. The van der Waals surface area contributed by atoms with E-state index in [0.29, 0.717) is 28.6 Å². The van der Waals surface area contributed by atoms with E-state index in [2.05, 4.69) is 31.0 Å². The zero-order chi connectivity index (χ0) is 22.1. The van der Waals surface area contributed by atoms with Crippen LogP contribution < -0.4 is 16.0 Å². The third-order valence-electron chi connectivity index (χ3n) is 6.11. The van der Waals surface area contributed by atoms with E-state index in [0.717, 1.165) is 37.3 Å². The summed E-state index contributed by atoms with van der Waals surface area (Å²) in [5, 5.41) is 14.2. The highest BCUT2D eigenvalue weighted by molar-refractivity contribution is 6.32. The van der Waals surface area contributed by atoms with Crippen LogP contribution in [0.25, 0.3) is 0 Å². The van der Waals surface area contributed by atoms with Gasteiger partial charge in [-0.2, -0.15) is 10.1 Å². The summed E-state index contributed by atoms with van der Waals surface area (Å²) in [5.74, 6) is 2.04. The zero-order valence-corrected chi connectivity index (χ0v) is 18.5. The molecule has 2 aliphatic rings. The molecule has 2 fully saturated rings. The molecule has 2 unspecified atom stereocenters. The van der Waals surface area contributed by atoms with E-state index in [-0.39, 0.29) is 12.1 Å². The van der Waals surface area contributed by atoms with Gasteiger partial charge in [-0.05, 0) is 36.8 Å². The van der Waals surface area contributed by atoms with Crippen LogP contribution in [-0.4, -0.2) is 49.8 Å². The molecule has 3 aromatic rings. The van der Waals surface area contributed by atoms with Gasteiger partial charge < -0.3 is 20.9 Å². The smallest absolute Gasteiger partial charge is 0.321 e. The van der Waals surface area contributed by atoms with Crippen LogP contribution in [0.15, 0.2) is 48.9 Å². The molecule has 3 N–H and O–H groups in total. The number of benzene rings is 1. The van der Waals surface area contributed by atoms with Crippen molar-refractivity contribution >= 4 is 40.8 Å². The van der Waals surface area contributed by atoms with E-state index < -0.39 is 0 Å². The number of rotatable bonds is 5. The second-order valence-electron chi connectivity index (χ2n) is 8.45. The fourth-order valence-corrected chi connectivity index (χ4v) is 4.79. The minimum atomic E-state index is -0.0277. The molecule has 5 rings (SSSR count). The lowest BCUT2D eigenvalue weighted by Crippen LogP contribution is -2.34. The van der Waals surface area contributed by atoms with E-state index in [1.807, 2.05) is 48.5 Å². The van der Waals surface area contributed by atoms with Crippen LogP contribution in [-0.2, 0) is 7.05 Å². The standard InChI is InChI=1S/C22H25ClN8O/c1-30-13-18(9-25-30)27-21-24-10-19(23)20(29-21)26-17-7-14-11-31(12-15(14)8-17)22(32)28-16-5-3-2-4-6-16/h2-6,9-10,13-15,17H,7-8,11-12H2,1H3,(H,28,32)(H2,24,26,27,29). The molecule has 1 aliphatic carbocycles. The molecule has 32 heavy (non-hydrogen) atoms. The number of hydrogen-bond acceptors (Lipinski definition) is 6. The lowest BCUT2D eigenvalue weighted by molar-refractivity contribution is 0.218. The van der Waals surface area contributed by atoms with Crippen molar-refractivity contribution in [2.24, 2.45) is 18.9 Å². The average Bonchev–Trinajstić information content (AvgIpc) is 3.46. The molecular weight excluding hydrogens is 428 g/mol. The topological polar surface area (TPSA) is 100 Å². The molecule has 1 saturated heterocycles. The number of amides is 2. The van der Waals surface area contributed by atoms with Crippen molar-refractivity contribution in [1.29, 1.82) is 0 Å². The maximum absolute atomic E-state index is 12.6. The molecule has 10 heteroatoms. The number of aromatic nitrogens is 4. The predicted molar refractivity (Wildman–Crippen MR) is 124 cm³/mol. The highest BCUT2D eigenvalue weighted by Crippen LogP contribution is 2.40. The normalized spacial score (nSPS) is 21.9. The van der Waals surface area contributed by atoms with Gasteiger partial charge in [0.05, 0.1) is 18.1 Å². The number of aryl methyl sites for hydroxylation is 1. The molecule has 1 saturated carbocycles. The number of urea groups is 1. The van der Waals surface area contributed by atoms with Crippen molar-refractivity contribution in [1.82, 2.24) is 24.6 Å². The van der Waals surface area contributed by atoms with E-state index >= 15 is 0 Å². The van der Waals surface area contributed by atoms with Crippen LogP contribution in [0.4, 0.5) is 27.9 Å². The average molecular weight is 453 g/mol. The monoisotopic (exact) mass is 452 g/mol. The van der Waals surface area contributed by atoms with Gasteiger partial charge in [-0.25, -0.2) is 9.78 Å². The molecule has 1 aliphatic heterocycles. The second kappa shape index (κ2) is 8.66. The summed E-state index contributed by atoms with van der Waals surface area (Å²) in [6, 6.07) is 9.81. The van der Waals surface area contributed by atoms with Crippen LogP contribution in [0.5, 0.6) is 0 Å². The number of likely N-dealkylation sites (tertiary alicyclic amines) is 1. The molecule has 1 aromatic carbocycles. The zero-order valence-electron chi connectivity index (χ0n) is 17.7. The molecule has 9 nitrogen and oxygen atoms in total. The van der Waals surface area contributed by atoms with E-state index in [9.17, 15) is 4.79 Å². The molecule has 2 amide bonds. The van der Waals surface area contributed by atoms with Crippen molar-refractivity contribution < 1.29 is 4.79 Å². The number of carbonyl (C=O) groups is 1. The third-order valence-corrected chi connectivity index (χ3v) is 6.39. The highest BCUT2D eigenvalue weighted by atomic mass is 35.5. The first-order chi connectivity index (χ1) is 15.5. The van der Waals surface area contributed by atoms with Gasteiger partial charge in [-0.1, -0.05) is 29.8 Å². The molecular formula is C22H25ClN8O. The Bertz CT molecular complexity index is 1090. The molecule has 0 spiro atoms. The largest absolute Gasteiger partial charge is 0.366 e. The summed E-state index contributed by atoms with van der Waals surface area (Å²) in [6.45, 7) is 1.54. The number of nitrogens with one attached hydrogen (secondary N) is 3. The van der Waals surface area contributed by atoms with Gasteiger partial charge in [0.25, 0.3) is 0 Å². The SMILES string of the molecule is Cn1cc(Nc2ncc(Cl)c(NC3CC4CN(C(=O)Nc5ccccc5)CC4C3)n2)cn1. The summed E-state index contributed by atoms with van der Waals surface area (Å²) in [7, 11) is 1.85. The van der Waals surface area contributed by atoms with E-state index in [4.69, 9.17) is 11.6 Å². The van der Waals surface area contributed by atoms with Gasteiger partial charge in [0, 0.05) is 38.1 Å². The van der Waals surface area contributed by atoms with Crippen LogP contribution in [0, 0.1) is 11.8 Å². The van der Waals surface area contributed by atoms with Crippen LogP contribution >= 0.6 is 11.6 Å². The highest BCUT2D eigenvalue weighted by Gasteiger charge is 2.42. The third kappa shape index (κ3) is 4.47. The number of para-hydroxylation sites is 1. The van der Waals surface area contributed by atoms with Gasteiger partial charge in [0.1, 0.15) is 5.02 Å². The molecule has 0 bridgehead atoms. The van der Waals surface area contributed by atoms with Crippen molar-refractivity contribution in [3.63, 3.8) is 0 Å². The van der Waals surface area contributed by atoms with Crippen LogP contribution in [0.3, 0.4) is 0 Å². The lowest BCUT2D eigenvalue weighted by Gasteiger charge is -2.21. The molecule has 2 atom stereocenters. The van der Waals surface area contributed by atoms with Gasteiger partial charge in [-0.15, -0.1) is 0 Å².